The number of aromatic hydroxyl groups is 1. The highest BCUT2D eigenvalue weighted by Gasteiger charge is 2.34. The van der Waals surface area contributed by atoms with Gasteiger partial charge in [0.1, 0.15) is 35.2 Å². The highest BCUT2D eigenvalue weighted by atomic mass is 16.4. The van der Waals surface area contributed by atoms with Crippen LogP contribution in [-0.4, -0.2) is 151 Å². The number of benzene rings is 1. The third kappa shape index (κ3) is 38.6. The molecular weight excluding hydrogens is 1160 g/mol. The predicted octanol–water partition coefficient (Wildman–Crippen LogP) is 7.40. The number of nitrogens with one attached hydrogen (secondary N) is 6. The van der Waals surface area contributed by atoms with Crippen molar-refractivity contribution in [3.8, 4) is 5.75 Å². The van der Waals surface area contributed by atoms with E-state index >= 15 is 0 Å². The number of rotatable bonds is 57. The molecule has 11 N–H and O–H groups in total. The zero-order valence-corrected chi connectivity index (χ0v) is 54.1. The van der Waals surface area contributed by atoms with Crippen LogP contribution in [0, 0.1) is 11.8 Å². The van der Waals surface area contributed by atoms with E-state index in [1.165, 1.54) is 58.6 Å². The first-order valence-electron chi connectivity index (χ1n) is 32.6. The van der Waals surface area contributed by atoms with E-state index in [0.29, 0.717) is 44.1 Å². The molecule has 0 aliphatic rings. The number of unbranched alkanes of at least 4 members (excludes halogenated alkanes) is 15. The maximum absolute atomic E-state index is 13.6. The summed E-state index contributed by atoms with van der Waals surface area (Å²) in [6, 6.07) is 2.15. The molecule has 0 aliphatic heterocycles. The summed E-state index contributed by atoms with van der Waals surface area (Å²) in [5, 5.41) is 64.1. The number of amides is 4. The molecule has 1 aromatic rings. The molecule has 0 aliphatic carbocycles. The highest BCUT2D eigenvalue weighted by Crippen LogP contribution is 2.20. The monoisotopic (exact) mass is 1270 g/mol. The Morgan fingerprint density at radius 2 is 0.967 bits per heavy atom. The van der Waals surface area contributed by atoms with Crippen LogP contribution in [0.1, 0.15) is 239 Å². The summed E-state index contributed by atoms with van der Waals surface area (Å²) < 4.78 is 0. The molecule has 0 fully saturated rings. The van der Waals surface area contributed by atoms with Gasteiger partial charge in [0.05, 0.1) is 42.5 Å². The second-order valence-electron chi connectivity index (χ2n) is 24.3. The minimum absolute atomic E-state index is 0.0365. The Labute approximate surface area is 531 Å². The Kier molecular flexibility index (Phi) is 42.4. The molecule has 0 heterocycles. The Balaban J connectivity index is 2.53. The van der Waals surface area contributed by atoms with Crippen LogP contribution in [0.2, 0.25) is 0 Å². The molecular formula is C66H106N6O18. The molecule has 508 valence electrons. The summed E-state index contributed by atoms with van der Waals surface area (Å²) in [7, 11) is 0. The van der Waals surface area contributed by atoms with Gasteiger partial charge in [-0.05, 0) is 89.3 Å². The van der Waals surface area contributed by atoms with E-state index in [2.05, 4.69) is 31.9 Å². The minimum Gasteiger partial charge on any atom is -0.508 e. The van der Waals surface area contributed by atoms with Gasteiger partial charge in [-0.1, -0.05) is 116 Å². The van der Waals surface area contributed by atoms with Crippen molar-refractivity contribution >= 4 is 76.4 Å². The van der Waals surface area contributed by atoms with Crippen molar-refractivity contribution in [1.29, 1.82) is 0 Å². The summed E-state index contributed by atoms with van der Waals surface area (Å²) in [6.07, 6.45) is 15.5. The number of carboxylic acids is 4. The minimum atomic E-state index is -1.53. The summed E-state index contributed by atoms with van der Waals surface area (Å²) in [4.78, 5) is 163. The van der Waals surface area contributed by atoms with Gasteiger partial charge in [-0.25, -0.2) is 4.79 Å². The number of phenolic OH excluding ortho intramolecular Hbond substituents is 1. The van der Waals surface area contributed by atoms with E-state index in [1.807, 2.05) is 6.92 Å². The fraction of sp³-hybridized carbons (Fsp3) is 0.712. The number of carbonyl (C=O) groups is 13. The predicted molar refractivity (Wildman–Crippen MR) is 337 cm³/mol. The Hall–Kier alpha value is -6.95. The van der Waals surface area contributed by atoms with Gasteiger partial charge >= 0.3 is 23.9 Å². The van der Waals surface area contributed by atoms with Crippen molar-refractivity contribution in [2.24, 2.45) is 11.8 Å². The molecule has 0 spiro atoms. The van der Waals surface area contributed by atoms with Crippen LogP contribution in [0.4, 0.5) is 0 Å². The zero-order valence-electron chi connectivity index (χ0n) is 54.1. The zero-order chi connectivity index (χ0) is 67.4. The second-order valence-corrected chi connectivity index (χ2v) is 24.3. The normalized spacial score (nSPS) is 13.3. The fourth-order valence-corrected chi connectivity index (χ4v) is 10.3. The summed E-state index contributed by atoms with van der Waals surface area (Å²) in [5.41, 5.74) is -0.738. The van der Waals surface area contributed by atoms with Gasteiger partial charge < -0.3 is 57.4 Å². The van der Waals surface area contributed by atoms with Gasteiger partial charge in [-0.15, -0.1) is 0 Å². The fourth-order valence-electron chi connectivity index (χ4n) is 10.3. The molecule has 90 heavy (non-hydrogen) atoms. The van der Waals surface area contributed by atoms with Crippen LogP contribution in [-0.2, 0) is 68.7 Å². The van der Waals surface area contributed by atoms with Gasteiger partial charge in [0, 0.05) is 71.3 Å². The molecule has 0 saturated carbocycles. The van der Waals surface area contributed by atoms with Crippen LogP contribution in [0.5, 0.6) is 5.75 Å². The molecule has 0 radical (unpaired) electrons. The molecule has 24 nitrogen and oxygen atoms in total. The maximum Gasteiger partial charge on any atom is 0.326 e. The van der Waals surface area contributed by atoms with Gasteiger partial charge in [0.25, 0.3) is 0 Å². The maximum atomic E-state index is 13.6. The first-order chi connectivity index (χ1) is 42.7. The Bertz CT molecular complexity index is 2430. The molecule has 1 aromatic carbocycles. The van der Waals surface area contributed by atoms with Crippen molar-refractivity contribution in [2.45, 2.75) is 270 Å². The molecule has 24 heteroatoms. The number of Topliss-reactive ketones (excluding diaryl/α,β-unsaturated/α-hetero) is 5. The molecule has 0 bridgehead atoms. The smallest absolute Gasteiger partial charge is 0.326 e. The van der Waals surface area contributed by atoms with Crippen LogP contribution >= 0.6 is 0 Å². The third-order valence-corrected chi connectivity index (χ3v) is 16.0. The van der Waals surface area contributed by atoms with Gasteiger partial charge in [0.2, 0.25) is 23.6 Å². The summed E-state index contributed by atoms with van der Waals surface area (Å²) >= 11 is 0. The highest BCUT2D eigenvalue weighted by molar-refractivity contribution is 5.96. The van der Waals surface area contributed by atoms with E-state index in [1.54, 1.807) is 19.1 Å². The number of hydrogen-bond acceptors (Lipinski definition) is 16. The lowest BCUT2D eigenvalue weighted by molar-refractivity contribution is -0.145. The average molecular weight is 1270 g/mol. The standard InChI is InChI=1S/C66H106N6O18/c1-6-8-26-53(69-44-58(79)66(4,5)72-62(84)55(70-45(3)73)40-46-29-33-49(74)34-30-46)57(78)43-68-52(56(77)7-2)27-23-24-39-67-59(80)37-31-47(63(85)86)42-51(76)35-36-54(65(89)90)71-60(81)38-32-48(64(87)88)41-50(75)25-21-19-17-15-13-11-9-10-12-14-16-18-20-22-28-61(82)83/h29-30,33-34,47-48,52-55,68-69,74H,6-28,31-32,35-44H2,1-5H3,(H,67,80)(H,70,73)(H,71,81)(H,72,84)(H,82,83)(H,85,86)(H,87,88)(H,89,90)/t47-,48-,52+,53+,54-,55-/m1/s1. The number of hydrogen-bond donors (Lipinski definition) is 11. The number of phenols is 1. The number of carboxylic acid groups (broad SMARTS) is 4. The first kappa shape index (κ1) is 81.1. The number of ketones is 5. The van der Waals surface area contributed by atoms with Crippen LogP contribution in [0.3, 0.4) is 0 Å². The summed E-state index contributed by atoms with van der Waals surface area (Å²) in [6.45, 7) is 7.68. The van der Waals surface area contributed by atoms with Crippen molar-refractivity contribution in [2.75, 3.05) is 19.6 Å². The third-order valence-electron chi connectivity index (χ3n) is 16.0. The molecule has 6 atom stereocenters. The van der Waals surface area contributed by atoms with E-state index in [9.17, 15) is 82.8 Å². The molecule has 0 aromatic heterocycles. The number of carbonyl (C=O) groups excluding carboxylic acids is 9. The van der Waals surface area contributed by atoms with Crippen molar-refractivity contribution in [1.82, 2.24) is 31.9 Å². The molecule has 0 saturated heterocycles. The average Bonchev–Trinajstić information content (AvgIpc) is 1.12. The lowest BCUT2D eigenvalue weighted by Gasteiger charge is -2.29. The van der Waals surface area contributed by atoms with Crippen LogP contribution in [0.15, 0.2) is 24.3 Å². The number of aliphatic carboxylic acids is 4. The first-order valence-corrected chi connectivity index (χ1v) is 32.6. The van der Waals surface area contributed by atoms with Crippen LogP contribution in [0.25, 0.3) is 0 Å². The van der Waals surface area contributed by atoms with Crippen molar-refractivity contribution < 1.29 is 87.9 Å². The molecule has 0 unspecified atom stereocenters. The van der Waals surface area contributed by atoms with E-state index in [-0.39, 0.29) is 107 Å². The van der Waals surface area contributed by atoms with E-state index in [0.717, 1.165) is 64.2 Å². The Morgan fingerprint density at radius 3 is 1.47 bits per heavy atom. The van der Waals surface area contributed by atoms with Crippen molar-refractivity contribution in [3.63, 3.8) is 0 Å². The van der Waals surface area contributed by atoms with Crippen molar-refractivity contribution in [3.05, 3.63) is 29.8 Å². The molecule has 1 rings (SSSR count). The lowest BCUT2D eigenvalue weighted by atomic mass is 9.94. The molecule has 4 amide bonds. The lowest BCUT2D eigenvalue weighted by Crippen LogP contribution is -2.59. The quantitative estimate of drug-likeness (QED) is 0.0283. The van der Waals surface area contributed by atoms with Gasteiger partial charge in [0.15, 0.2) is 11.6 Å². The van der Waals surface area contributed by atoms with Gasteiger partial charge in [-0.2, -0.15) is 0 Å². The SMILES string of the molecule is CCCC[C@H](NCC(=O)C(C)(C)NC(=O)[C@@H](Cc1ccc(O)cc1)NC(C)=O)C(=O)CN[C@@H](CCCCNC(=O)CC[C@H](CC(=O)CC[C@@H](NC(=O)CC[C@H](CC(=O)CCCCCCCCCCCCCCCCC(=O)O)C(=O)O)C(=O)O)C(=O)O)C(=O)CC. The largest absolute Gasteiger partial charge is 0.508 e. The summed E-state index contributed by atoms with van der Waals surface area (Å²) in [5.74, 6) is -11.2. The van der Waals surface area contributed by atoms with E-state index < -0.39 is 113 Å². The van der Waals surface area contributed by atoms with Crippen LogP contribution < -0.4 is 31.9 Å². The van der Waals surface area contributed by atoms with Gasteiger partial charge in [-0.3, -0.25) is 57.5 Å². The topological polar surface area (TPSA) is 395 Å². The Morgan fingerprint density at radius 1 is 0.478 bits per heavy atom. The second kappa shape index (κ2) is 47.0. The van der Waals surface area contributed by atoms with E-state index in [4.69, 9.17) is 5.11 Å².